The first-order valence-corrected chi connectivity index (χ1v) is 8.84. The fourth-order valence-electron chi connectivity index (χ4n) is 3.51. The van der Waals surface area contributed by atoms with Crippen molar-refractivity contribution in [1.29, 1.82) is 0 Å². The molecule has 4 rings (SSSR count). The molecule has 0 atom stereocenters. The summed E-state index contributed by atoms with van der Waals surface area (Å²) in [6, 6.07) is 8.22. The second kappa shape index (κ2) is 6.41. The molecule has 1 N–H and O–H groups in total. The molecule has 0 aliphatic carbocycles. The number of fused-ring (bicyclic) bond motifs is 1. The van der Waals surface area contributed by atoms with Crippen LogP contribution in [0.3, 0.4) is 0 Å². The maximum atomic E-state index is 12.8. The van der Waals surface area contributed by atoms with Crippen LogP contribution in [0.1, 0.15) is 27.5 Å². The quantitative estimate of drug-likeness (QED) is 0.689. The molecule has 0 unspecified atom stereocenters. The van der Waals surface area contributed by atoms with Gasteiger partial charge in [-0.15, -0.1) is 0 Å². The van der Waals surface area contributed by atoms with Crippen molar-refractivity contribution < 1.29 is 23.1 Å². The van der Waals surface area contributed by atoms with Gasteiger partial charge in [0.1, 0.15) is 0 Å². The van der Waals surface area contributed by atoms with Gasteiger partial charge in [-0.2, -0.15) is 18.3 Å². The third-order valence-corrected chi connectivity index (χ3v) is 5.31. The number of carboxylic acids is 1. The van der Waals surface area contributed by atoms with Gasteiger partial charge in [-0.05, 0) is 30.3 Å². The van der Waals surface area contributed by atoms with Gasteiger partial charge in [-0.25, -0.2) is 4.79 Å². The fraction of sp³-hybridized carbons (Fsp3) is 0.263. The Bertz CT molecular complexity index is 1090. The fourth-order valence-corrected chi connectivity index (χ4v) is 3.81. The van der Waals surface area contributed by atoms with Gasteiger partial charge >= 0.3 is 12.1 Å². The third kappa shape index (κ3) is 3.07. The second-order valence-electron chi connectivity index (χ2n) is 6.81. The molecule has 0 amide bonds. The van der Waals surface area contributed by atoms with Gasteiger partial charge in [-0.3, -0.25) is 4.68 Å². The number of alkyl halides is 3. The first-order valence-electron chi connectivity index (χ1n) is 8.47. The first kappa shape index (κ1) is 18.6. The van der Waals surface area contributed by atoms with E-state index in [9.17, 15) is 18.0 Å². The Labute approximate surface area is 162 Å². The summed E-state index contributed by atoms with van der Waals surface area (Å²) in [5.41, 5.74) is 1.53. The number of rotatable bonds is 3. The lowest BCUT2D eigenvalue weighted by atomic mass is 9.93. The molecule has 28 heavy (non-hydrogen) atoms. The van der Waals surface area contributed by atoms with Crippen LogP contribution in [-0.4, -0.2) is 33.9 Å². The average molecular weight is 410 g/mol. The maximum absolute atomic E-state index is 12.8. The van der Waals surface area contributed by atoms with Gasteiger partial charge in [0.2, 0.25) is 0 Å². The smallest absolute Gasteiger partial charge is 0.416 e. The number of halogens is 4. The number of hydrogen-bond donors (Lipinski definition) is 1. The van der Waals surface area contributed by atoms with E-state index in [1.807, 2.05) is 4.90 Å². The van der Waals surface area contributed by atoms with E-state index in [0.29, 0.717) is 18.8 Å². The molecule has 9 heteroatoms. The summed E-state index contributed by atoms with van der Waals surface area (Å²) in [5.74, 6) is -0.922. The summed E-state index contributed by atoms with van der Waals surface area (Å²) < 4.78 is 40.0. The highest BCUT2D eigenvalue weighted by molar-refractivity contribution is 6.33. The molecule has 0 saturated carbocycles. The Morgan fingerprint density at radius 1 is 1.21 bits per heavy atom. The first-order chi connectivity index (χ1) is 13.1. The Balaban J connectivity index is 1.57. The zero-order valence-corrected chi connectivity index (χ0v) is 15.4. The number of aryl methyl sites for hydroxylation is 1. The number of carboxylic acid groups (broad SMARTS) is 1. The minimum Gasteiger partial charge on any atom is -0.478 e. The van der Waals surface area contributed by atoms with Crippen LogP contribution in [-0.2, 0) is 13.2 Å². The van der Waals surface area contributed by atoms with Crippen molar-refractivity contribution in [2.24, 2.45) is 7.05 Å². The number of aromatic nitrogens is 2. The van der Waals surface area contributed by atoms with E-state index in [0.717, 1.165) is 28.7 Å². The van der Waals surface area contributed by atoms with Crippen LogP contribution in [0.25, 0.3) is 10.9 Å². The highest BCUT2D eigenvalue weighted by Crippen LogP contribution is 2.40. The van der Waals surface area contributed by atoms with Crippen molar-refractivity contribution in [1.82, 2.24) is 9.78 Å². The maximum Gasteiger partial charge on any atom is 0.416 e. The number of aromatic carboxylic acids is 1. The van der Waals surface area contributed by atoms with E-state index in [1.165, 1.54) is 6.07 Å². The Hall–Kier alpha value is -2.74. The largest absolute Gasteiger partial charge is 0.478 e. The highest BCUT2D eigenvalue weighted by atomic mass is 35.5. The van der Waals surface area contributed by atoms with E-state index in [-0.39, 0.29) is 16.5 Å². The van der Waals surface area contributed by atoms with Gasteiger partial charge in [0.05, 0.1) is 33.0 Å². The number of nitrogens with zero attached hydrogens (tertiary/aromatic N) is 3. The van der Waals surface area contributed by atoms with Gasteiger partial charge < -0.3 is 10.0 Å². The van der Waals surface area contributed by atoms with Crippen molar-refractivity contribution >= 4 is 34.2 Å². The Morgan fingerprint density at radius 2 is 1.93 bits per heavy atom. The predicted octanol–water partition coefficient (Wildman–Crippen LogP) is 4.55. The summed E-state index contributed by atoms with van der Waals surface area (Å²) in [5, 5.41) is 14.6. The molecule has 0 spiro atoms. The molecule has 1 saturated heterocycles. The van der Waals surface area contributed by atoms with E-state index in [1.54, 1.807) is 29.9 Å². The zero-order valence-electron chi connectivity index (χ0n) is 14.7. The van der Waals surface area contributed by atoms with Crippen LogP contribution < -0.4 is 4.90 Å². The molecular weight excluding hydrogens is 395 g/mol. The molecule has 1 aromatic heterocycles. The number of hydrogen-bond acceptors (Lipinski definition) is 3. The minimum absolute atomic E-state index is 0.0604. The highest BCUT2D eigenvalue weighted by Gasteiger charge is 2.35. The molecule has 146 valence electrons. The van der Waals surface area contributed by atoms with Crippen molar-refractivity contribution in [3.05, 3.63) is 58.2 Å². The lowest BCUT2D eigenvalue weighted by Crippen LogP contribution is -2.45. The van der Waals surface area contributed by atoms with E-state index in [4.69, 9.17) is 16.7 Å². The van der Waals surface area contributed by atoms with Crippen molar-refractivity contribution in [3.8, 4) is 0 Å². The standard InChI is InChI=1S/C19H15ClF3N3O2/c1-25-16-6-10(18(27)28)2-4-13(16)17(24-25)11-8-26(9-11)15-5-3-12(7-14(15)20)19(21,22)23/h2-7,11H,8-9H2,1H3,(H,27,28). The van der Waals surface area contributed by atoms with E-state index in [2.05, 4.69) is 5.10 Å². The summed E-state index contributed by atoms with van der Waals surface area (Å²) in [4.78, 5) is 13.1. The molecular formula is C19H15ClF3N3O2. The van der Waals surface area contributed by atoms with Crippen LogP contribution in [0.15, 0.2) is 36.4 Å². The molecule has 0 radical (unpaired) electrons. The lowest BCUT2D eigenvalue weighted by Gasteiger charge is -2.41. The number of carbonyl (C=O) groups is 1. The van der Waals surface area contributed by atoms with Crippen LogP contribution in [0.5, 0.6) is 0 Å². The SMILES string of the molecule is Cn1nc(C2CN(c3ccc(C(F)(F)F)cc3Cl)C2)c2ccc(C(=O)O)cc21. The number of anilines is 1. The van der Waals surface area contributed by atoms with Gasteiger partial charge in [0, 0.05) is 31.4 Å². The average Bonchev–Trinajstić information content (AvgIpc) is 2.90. The Kier molecular flexibility index (Phi) is 4.26. The molecule has 0 bridgehead atoms. The van der Waals surface area contributed by atoms with Crippen LogP contribution in [0.2, 0.25) is 5.02 Å². The lowest BCUT2D eigenvalue weighted by molar-refractivity contribution is -0.137. The molecule has 3 aromatic rings. The van der Waals surface area contributed by atoms with Crippen molar-refractivity contribution in [2.45, 2.75) is 12.1 Å². The van der Waals surface area contributed by atoms with Gasteiger partial charge in [-0.1, -0.05) is 17.7 Å². The topological polar surface area (TPSA) is 58.4 Å². The summed E-state index contributed by atoms with van der Waals surface area (Å²) >= 11 is 6.07. The molecule has 1 aliphatic heterocycles. The second-order valence-corrected chi connectivity index (χ2v) is 7.22. The van der Waals surface area contributed by atoms with Crippen LogP contribution in [0.4, 0.5) is 18.9 Å². The van der Waals surface area contributed by atoms with Crippen LogP contribution in [0, 0.1) is 0 Å². The van der Waals surface area contributed by atoms with Gasteiger partial charge in [0.15, 0.2) is 0 Å². The number of benzene rings is 2. The van der Waals surface area contributed by atoms with Gasteiger partial charge in [0.25, 0.3) is 0 Å². The summed E-state index contributed by atoms with van der Waals surface area (Å²) in [6.07, 6.45) is -4.43. The summed E-state index contributed by atoms with van der Waals surface area (Å²) in [6.45, 7) is 1.13. The molecule has 2 aromatic carbocycles. The molecule has 5 nitrogen and oxygen atoms in total. The van der Waals surface area contributed by atoms with Crippen molar-refractivity contribution in [3.63, 3.8) is 0 Å². The minimum atomic E-state index is -4.43. The molecule has 1 aliphatic rings. The van der Waals surface area contributed by atoms with Crippen molar-refractivity contribution in [2.75, 3.05) is 18.0 Å². The third-order valence-electron chi connectivity index (χ3n) is 5.01. The molecule has 2 heterocycles. The normalized spacial score (nSPS) is 15.1. The monoisotopic (exact) mass is 409 g/mol. The zero-order chi connectivity index (χ0) is 20.2. The van der Waals surface area contributed by atoms with E-state index < -0.39 is 17.7 Å². The predicted molar refractivity (Wildman–Crippen MR) is 99.1 cm³/mol. The molecule has 1 fully saturated rings. The van der Waals surface area contributed by atoms with E-state index >= 15 is 0 Å². The van der Waals surface area contributed by atoms with Crippen LogP contribution >= 0.6 is 11.6 Å². The Morgan fingerprint density at radius 3 is 2.54 bits per heavy atom. The summed E-state index contributed by atoms with van der Waals surface area (Å²) in [7, 11) is 1.75.